The number of aromatic amines is 1. The molecule has 0 unspecified atom stereocenters. The van der Waals surface area contributed by atoms with Crippen LogP contribution < -0.4 is 20.5 Å². The second kappa shape index (κ2) is 8.23. The molecule has 9 nitrogen and oxygen atoms in total. The average molecular weight is 435 g/mol. The van der Waals surface area contributed by atoms with E-state index in [9.17, 15) is 9.59 Å². The van der Waals surface area contributed by atoms with E-state index in [-0.39, 0.29) is 11.5 Å². The van der Waals surface area contributed by atoms with E-state index in [1.807, 2.05) is 18.2 Å². The Bertz CT molecular complexity index is 1220. The van der Waals surface area contributed by atoms with Crippen LogP contribution in [0.4, 0.5) is 5.69 Å². The molecule has 1 fully saturated rings. The molecule has 0 aromatic carbocycles. The van der Waals surface area contributed by atoms with Gasteiger partial charge in [-0.2, -0.15) is 0 Å². The number of nitrogens with zero attached hydrogens (tertiary/aromatic N) is 4. The van der Waals surface area contributed by atoms with Crippen molar-refractivity contribution in [3.8, 4) is 5.88 Å². The zero-order valence-corrected chi connectivity index (χ0v) is 18.2. The molecular formula is C23H26N6O3. The number of hydrogen-bond acceptors (Lipinski definition) is 7. The van der Waals surface area contributed by atoms with Gasteiger partial charge in [-0.25, -0.2) is 9.97 Å². The Balaban J connectivity index is 1.36. The Hall–Kier alpha value is -3.46. The number of H-pyrrole nitrogens is 1. The molecule has 5 heterocycles. The summed E-state index contributed by atoms with van der Waals surface area (Å²) < 4.78 is 6.05. The maximum atomic E-state index is 12.0. The van der Waals surface area contributed by atoms with Gasteiger partial charge in [0, 0.05) is 50.4 Å². The number of carbonyl (C=O) groups excluding carboxylic acids is 1. The number of nitrogens with one attached hydrogen (secondary N) is 2. The summed E-state index contributed by atoms with van der Waals surface area (Å²) in [5.74, 6) is 0.466. The molecule has 2 aliphatic rings. The van der Waals surface area contributed by atoms with E-state index in [0.29, 0.717) is 29.8 Å². The molecule has 0 radical (unpaired) electrons. The average Bonchev–Trinajstić information content (AvgIpc) is 2.79. The second-order valence-electron chi connectivity index (χ2n) is 8.36. The lowest BCUT2D eigenvalue weighted by Gasteiger charge is -2.43. The van der Waals surface area contributed by atoms with Crippen LogP contribution in [0, 0.1) is 6.92 Å². The van der Waals surface area contributed by atoms with Gasteiger partial charge in [-0.05, 0) is 37.6 Å². The van der Waals surface area contributed by atoms with E-state index in [4.69, 9.17) is 4.74 Å². The summed E-state index contributed by atoms with van der Waals surface area (Å²) >= 11 is 0. The van der Waals surface area contributed by atoms with Crippen LogP contribution in [0.5, 0.6) is 5.88 Å². The number of hydrogen-bond donors (Lipinski definition) is 2. The Morgan fingerprint density at radius 2 is 2.16 bits per heavy atom. The molecular weight excluding hydrogens is 408 g/mol. The van der Waals surface area contributed by atoms with E-state index in [1.54, 1.807) is 26.2 Å². The number of aromatic nitrogens is 3. The minimum absolute atomic E-state index is 0.0893. The van der Waals surface area contributed by atoms with E-state index >= 15 is 0 Å². The molecule has 0 spiro atoms. The first kappa shape index (κ1) is 20.4. The van der Waals surface area contributed by atoms with Gasteiger partial charge in [-0.15, -0.1) is 0 Å². The summed E-state index contributed by atoms with van der Waals surface area (Å²) in [6, 6.07) is 7.84. The third-order valence-electron chi connectivity index (χ3n) is 6.29. The summed E-state index contributed by atoms with van der Waals surface area (Å²) in [5, 5.41) is 2.60. The van der Waals surface area contributed by atoms with Crippen LogP contribution >= 0.6 is 0 Å². The summed E-state index contributed by atoms with van der Waals surface area (Å²) in [6.07, 6.45) is 2.66. The van der Waals surface area contributed by atoms with Gasteiger partial charge in [0.1, 0.15) is 5.69 Å². The van der Waals surface area contributed by atoms with Crippen LogP contribution in [-0.2, 0) is 6.54 Å². The van der Waals surface area contributed by atoms with Gasteiger partial charge in [0.15, 0.2) is 0 Å². The Morgan fingerprint density at radius 1 is 1.28 bits per heavy atom. The normalized spacial score (nSPS) is 18.8. The summed E-state index contributed by atoms with van der Waals surface area (Å²) in [7, 11) is 1.60. The maximum absolute atomic E-state index is 12.0. The molecule has 2 aliphatic heterocycles. The van der Waals surface area contributed by atoms with Gasteiger partial charge in [-0.3, -0.25) is 14.5 Å². The van der Waals surface area contributed by atoms with Gasteiger partial charge < -0.3 is 19.9 Å². The van der Waals surface area contributed by atoms with Crippen LogP contribution in [0.1, 0.15) is 28.0 Å². The first-order chi connectivity index (χ1) is 15.5. The van der Waals surface area contributed by atoms with Crippen molar-refractivity contribution in [2.45, 2.75) is 25.9 Å². The quantitative estimate of drug-likeness (QED) is 0.629. The third-order valence-corrected chi connectivity index (χ3v) is 6.29. The molecule has 1 amide bonds. The van der Waals surface area contributed by atoms with Crippen LogP contribution in [0.15, 0.2) is 35.3 Å². The van der Waals surface area contributed by atoms with Crippen LogP contribution in [0.25, 0.3) is 11.0 Å². The molecule has 2 N–H and O–H groups in total. The number of piperazine rings is 1. The van der Waals surface area contributed by atoms with Gasteiger partial charge in [0.25, 0.3) is 11.5 Å². The number of anilines is 1. The SMILES string of the molecule is CNC(=O)c1ccc(N2CCN3Cc4cc5[nH]c(=O)c(C)cc5nc4OCC[C@H]3C2)cn1. The number of amides is 1. The van der Waals surface area contributed by atoms with Crippen LogP contribution in [0.3, 0.4) is 0 Å². The van der Waals surface area contributed by atoms with Gasteiger partial charge >= 0.3 is 0 Å². The number of pyridine rings is 3. The van der Waals surface area contributed by atoms with Crippen molar-refractivity contribution in [1.29, 1.82) is 0 Å². The standard InChI is InChI=1S/C23H26N6O3/c1-14-9-19-20(26-21(14)30)10-15-12-28-6-7-29(13-17(28)5-8-32-23(15)27-19)16-3-4-18(25-11-16)22(31)24-2/h3-4,9-11,17H,5-8,12-13H2,1-2H3,(H,24,31)(H,26,30)/t17-/m0/s1. The fourth-order valence-corrected chi connectivity index (χ4v) is 4.45. The Labute approximate surface area is 185 Å². The predicted octanol–water partition coefficient (Wildman–Crippen LogP) is 1.46. The van der Waals surface area contributed by atoms with E-state index in [1.165, 1.54) is 0 Å². The largest absolute Gasteiger partial charge is 0.477 e. The highest BCUT2D eigenvalue weighted by molar-refractivity contribution is 5.92. The number of ether oxygens (including phenoxy) is 1. The zero-order chi connectivity index (χ0) is 22.2. The lowest BCUT2D eigenvalue weighted by atomic mass is 10.1. The highest BCUT2D eigenvalue weighted by atomic mass is 16.5. The first-order valence-corrected chi connectivity index (χ1v) is 10.9. The predicted molar refractivity (Wildman–Crippen MR) is 121 cm³/mol. The summed E-state index contributed by atoms with van der Waals surface area (Å²) in [6.45, 7) is 5.70. The van der Waals surface area contributed by atoms with Crippen molar-refractivity contribution in [3.05, 3.63) is 57.6 Å². The van der Waals surface area contributed by atoms with Crippen molar-refractivity contribution >= 4 is 22.6 Å². The van der Waals surface area contributed by atoms with Crippen molar-refractivity contribution in [2.24, 2.45) is 0 Å². The lowest BCUT2D eigenvalue weighted by molar-refractivity contribution is 0.0958. The summed E-state index contributed by atoms with van der Waals surface area (Å²) in [5.41, 5.74) is 4.46. The highest BCUT2D eigenvalue weighted by Crippen LogP contribution is 2.28. The molecule has 1 saturated heterocycles. The van der Waals surface area contributed by atoms with Crippen LogP contribution in [0.2, 0.25) is 0 Å². The topological polar surface area (TPSA) is 103 Å². The number of rotatable bonds is 2. The Kier molecular flexibility index (Phi) is 5.26. The second-order valence-corrected chi connectivity index (χ2v) is 8.36. The van der Waals surface area contributed by atoms with Crippen molar-refractivity contribution in [2.75, 3.05) is 38.2 Å². The molecule has 166 valence electrons. The number of fused-ring (bicyclic) bond motifs is 3. The van der Waals surface area contributed by atoms with Gasteiger partial charge in [0.05, 0.1) is 29.5 Å². The van der Waals surface area contributed by atoms with E-state index < -0.39 is 0 Å². The number of carbonyl (C=O) groups is 1. The minimum atomic E-state index is -0.185. The molecule has 0 aliphatic carbocycles. The first-order valence-electron chi connectivity index (χ1n) is 10.9. The van der Waals surface area contributed by atoms with E-state index in [0.717, 1.165) is 54.9 Å². The minimum Gasteiger partial charge on any atom is -0.477 e. The molecule has 5 rings (SSSR count). The molecule has 1 atom stereocenters. The van der Waals surface area contributed by atoms with Gasteiger partial charge in [-0.1, -0.05) is 0 Å². The highest BCUT2D eigenvalue weighted by Gasteiger charge is 2.30. The maximum Gasteiger partial charge on any atom is 0.269 e. The van der Waals surface area contributed by atoms with Crippen LogP contribution in [-0.4, -0.2) is 65.1 Å². The molecule has 3 aromatic heterocycles. The number of aryl methyl sites for hydroxylation is 1. The zero-order valence-electron chi connectivity index (χ0n) is 18.2. The van der Waals surface area contributed by atoms with Crippen molar-refractivity contribution < 1.29 is 9.53 Å². The fourth-order valence-electron chi connectivity index (χ4n) is 4.45. The van der Waals surface area contributed by atoms with Crippen molar-refractivity contribution in [3.63, 3.8) is 0 Å². The fraction of sp³-hybridized carbons (Fsp3) is 0.391. The Morgan fingerprint density at radius 3 is 2.94 bits per heavy atom. The summed E-state index contributed by atoms with van der Waals surface area (Å²) in [4.78, 5) is 40.5. The smallest absolute Gasteiger partial charge is 0.269 e. The lowest BCUT2D eigenvalue weighted by Crippen LogP contribution is -2.53. The molecule has 9 heteroatoms. The molecule has 0 bridgehead atoms. The molecule has 0 saturated carbocycles. The third kappa shape index (κ3) is 3.80. The van der Waals surface area contributed by atoms with Crippen molar-refractivity contribution in [1.82, 2.24) is 25.2 Å². The van der Waals surface area contributed by atoms with Gasteiger partial charge in [0.2, 0.25) is 5.88 Å². The molecule has 32 heavy (non-hydrogen) atoms. The molecule has 3 aromatic rings. The van der Waals surface area contributed by atoms with E-state index in [2.05, 4.69) is 30.1 Å². The monoisotopic (exact) mass is 434 g/mol.